The van der Waals surface area contributed by atoms with E-state index in [1.165, 1.54) is 12.1 Å². The molecule has 0 atom stereocenters. The van der Waals surface area contributed by atoms with Crippen molar-refractivity contribution in [2.24, 2.45) is 0 Å². The Balaban J connectivity index is 2.55. The van der Waals surface area contributed by atoms with Crippen LogP contribution in [0, 0.1) is 0 Å². The minimum atomic E-state index is -5.90. The zero-order valence-electron chi connectivity index (χ0n) is 10.3. The third kappa shape index (κ3) is 3.07. The SMILES string of the molecule is O=C(O)c1ccc2c(Cl)cc(OS(=O)(=O)C(F)(F)F)nc2c1. The molecular formula is C11H5ClF3NO5S. The van der Waals surface area contributed by atoms with Gasteiger partial charge in [0.15, 0.2) is 0 Å². The van der Waals surface area contributed by atoms with Crippen LogP contribution in [0.3, 0.4) is 0 Å². The van der Waals surface area contributed by atoms with Crippen molar-refractivity contribution in [3.05, 3.63) is 34.9 Å². The highest BCUT2D eigenvalue weighted by atomic mass is 35.5. The second-order valence-electron chi connectivity index (χ2n) is 3.96. The molecule has 1 N–H and O–H groups in total. The number of hydrogen-bond donors (Lipinski definition) is 1. The number of alkyl halides is 3. The minimum Gasteiger partial charge on any atom is -0.478 e. The highest BCUT2D eigenvalue weighted by molar-refractivity contribution is 7.87. The summed E-state index contributed by atoms with van der Waals surface area (Å²) in [6.07, 6.45) is 0. The zero-order valence-corrected chi connectivity index (χ0v) is 11.8. The van der Waals surface area contributed by atoms with Crippen LogP contribution >= 0.6 is 11.6 Å². The Morgan fingerprint density at radius 2 is 1.91 bits per heavy atom. The van der Waals surface area contributed by atoms with Crippen molar-refractivity contribution >= 4 is 38.6 Å². The molecule has 0 amide bonds. The molecule has 0 radical (unpaired) electrons. The minimum absolute atomic E-state index is 0.125. The molecule has 11 heteroatoms. The third-order valence-electron chi connectivity index (χ3n) is 2.46. The number of carboxylic acid groups (broad SMARTS) is 1. The van der Waals surface area contributed by atoms with Crippen LogP contribution in [0.2, 0.25) is 5.02 Å². The number of carboxylic acids is 1. The summed E-state index contributed by atoms with van der Waals surface area (Å²) in [6.45, 7) is 0. The fourth-order valence-electron chi connectivity index (χ4n) is 1.50. The van der Waals surface area contributed by atoms with Gasteiger partial charge in [0.2, 0.25) is 5.88 Å². The molecule has 0 aliphatic heterocycles. The van der Waals surface area contributed by atoms with Crippen molar-refractivity contribution in [3.63, 3.8) is 0 Å². The highest BCUT2D eigenvalue weighted by Crippen LogP contribution is 2.30. The largest absolute Gasteiger partial charge is 0.534 e. The number of rotatable bonds is 3. The molecule has 2 aromatic rings. The van der Waals surface area contributed by atoms with Crippen LogP contribution in [-0.4, -0.2) is 30.0 Å². The van der Waals surface area contributed by atoms with Crippen LogP contribution in [0.15, 0.2) is 24.3 Å². The summed E-state index contributed by atoms with van der Waals surface area (Å²) in [5.41, 5.74) is -5.95. The van der Waals surface area contributed by atoms with Gasteiger partial charge in [-0.15, -0.1) is 0 Å². The van der Waals surface area contributed by atoms with Crippen LogP contribution in [0.4, 0.5) is 13.2 Å². The van der Waals surface area contributed by atoms with E-state index in [4.69, 9.17) is 16.7 Å². The number of halogens is 4. The van der Waals surface area contributed by atoms with Gasteiger partial charge in [-0.05, 0) is 12.1 Å². The number of nitrogens with zero attached hydrogens (tertiary/aromatic N) is 1. The molecule has 0 aliphatic rings. The van der Waals surface area contributed by atoms with Gasteiger partial charge in [0.25, 0.3) is 0 Å². The fourth-order valence-corrected chi connectivity index (χ4v) is 2.16. The Labute approximate surface area is 126 Å². The fraction of sp³-hybridized carbons (Fsp3) is 0.0909. The molecule has 2 rings (SSSR count). The van der Waals surface area contributed by atoms with Gasteiger partial charge in [0, 0.05) is 11.5 Å². The van der Waals surface area contributed by atoms with Gasteiger partial charge in [-0.25, -0.2) is 9.78 Å². The summed E-state index contributed by atoms with van der Waals surface area (Å²) in [6, 6.07) is 4.31. The summed E-state index contributed by atoms with van der Waals surface area (Å²) in [5, 5.41) is 8.92. The molecule has 0 saturated carbocycles. The molecule has 0 spiro atoms. The molecule has 118 valence electrons. The normalized spacial score (nSPS) is 12.4. The van der Waals surface area contributed by atoms with E-state index in [1.54, 1.807) is 0 Å². The van der Waals surface area contributed by atoms with Crippen molar-refractivity contribution < 1.29 is 35.7 Å². The third-order valence-corrected chi connectivity index (χ3v) is 3.73. The average Bonchev–Trinajstić information content (AvgIpc) is 2.36. The van der Waals surface area contributed by atoms with Crippen molar-refractivity contribution in [2.45, 2.75) is 5.51 Å². The first-order valence-electron chi connectivity index (χ1n) is 5.35. The predicted molar refractivity (Wildman–Crippen MR) is 69.3 cm³/mol. The Morgan fingerprint density at radius 3 is 2.45 bits per heavy atom. The number of benzene rings is 1. The number of aromatic carboxylic acids is 1. The lowest BCUT2D eigenvalue weighted by molar-refractivity contribution is -0.0501. The maximum absolute atomic E-state index is 12.3. The Morgan fingerprint density at radius 1 is 1.27 bits per heavy atom. The zero-order chi connectivity index (χ0) is 16.7. The molecule has 0 bridgehead atoms. The van der Waals surface area contributed by atoms with Gasteiger partial charge in [-0.1, -0.05) is 17.7 Å². The summed E-state index contributed by atoms with van der Waals surface area (Å²) < 4.78 is 62.5. The molecule has 0 fully saturated rings. The number of fused-ring (bicyclic) bond motifs is 1. The molecule has 0 saturated heterocycles. The summed E-state index contributed by atoms with van der Waals surface area (Å²) in [5.74, 6) is -2.22. The first-order chi connectivity index (χ1) is 10.0. The maximum atomic E-state index is 12.3. The van der Waals surface area contributed by atoms with Crippen LogP contribution in [-0.2, 0) is 10.1 Å². The maximum Gasteiger partial charge on any atom is 0.534 e. The van der Waals surface area contributed by atoms with E-state index in [9.17, 15) is 26.4 Å². The standard InChI is InChI=1S/C11H5ClF3NO5S/c12-7-4-9(21-22(19,20)11(13,14)15)16-8-3-5(10(17)18)1-2-6(7)8/h1-4H,(H,17,18). The Kier molecular flexibility index (Phi) is 3.92. The van der Waals surface area contributed by atoms with Gasteiger partial charge in [0.05, 0.1) is 16.1 Å². The van der Waals surface area contributed by atoms with E-state index < -0.39 is 27.5 Å². The van der Waals surface area contributed by atoms with Crippen molar-refractivity contribution in [2.75, 3.05) is 0 Å². The van der Waals surface area contributed by atoms with Crippen LogP contribution in [0.1, 0.15) is 10.4 Å². The lowest BCUT2D eigenvalue weighted by Gasteiger charge is -2.10. The van der Waals surface area contributed by atoms with Gasteiger partial charge >= 0.3 is 21.6 Å². The second-order valence-corrected chi connectivity index (χ2v) is 5.91. The molecule has 1 aromatic carbocycles. The van der Waals surface area contributed by atoms with E-state index in [0.29, 0.717) is 0 Å². The summed E-state index contributed by atoms with van der Waals surface area (Å²) in [7, 11) is -5.90. The number of aromatic nitrogens is 1. The number of hydrogen-bond acceptors (Lipinski definition) is 5. The molecule has 0 unspecified atom stereocenters. The molecule has 1 aromatic heterocycles. The van der Waals surface area contributed by atoms with E-state index in [1.807, 2.05) is 0 Å². The summed E-state index contributed by atoms with van der Waals surface area (Å²) >= 11 is 5.79. The van der Waals surface area contributed by atoms with E-state index in [2.05, 4.69) is 9.17 Å². The van der Waals surface area contributed by atoms with Crippen LogP contribution in [0.5, 0.6) is 5.88 Å². The quantitative estimate of drug-likeness (QED) is 0.672. The van der Waals surface area contributed by atoms with Gasteiger partial charge < -0.3 is 9.29 Å². The molecule has 22 heavy (non-hydrogen) atoms. The molecular weight excluding hydrogens is 351 g/mol. The lowest BCUT2D eigenvalue weighted by atomic mass is 10.1. The van der Waals surface area contributed by atoms with Crippen molar-refractivity contribution in [1.82, 2.24) is 4.98 Å². The number of carbonyl (C=O) groups is 1. The molecule has 1 heterocycles. The highest BCUT2D eigenvalue weighted by Gasteiger charge is 2.48. The lowest BCUT2D eigenvalue weighted by Crippen LogP contribution is -2.28. The molecule has 0 aliphatic carbocycles. The van der Waals surface area contributed by atoms with Gasteiger partial charge in [0.1, 0.15) is 0 Å². The Bertz CT molecular complexity index is 866. The smallest absolute Gasteiger partial charge is 0.478 e. The van der Waals surface area contributed by atoms with E-state index >= 15 is 0 Å². The van der Waals surface area contributed by atoms with Crippen molar-refractivity contribution in [3.8, 4) is 5.88 Å². The second kappa shape index (κ2) is 5.29. The molecule has 6 nitrogen and oxygen atoms in total. The topological polar surface area (TPSA) is 93.6 Å². The van der Waals surface area contributed by atoms with E-state index in [-0.39, 0.29) is 21.5 Å². The van der Waals surface area contributed by atoms with Crippen LogP contribution < -0.4 is 4.18 Å². The monoisotopic (exact) mass is 355 g/mol. The van der Waals surface area contributed by atoms with Crippen LogP contribution in [0.25, 0.3) is 10.9 Å². The average molecular weight is 356 g/mol. The van der Waals surface area contributed by atoms with Gasteiger partial charge in [-0.2, -0.15) is 21.6 Å². The summed E-state index contributed by atoms with van der Waals surface area (Å²) in [4.78, 5) is 14.4. The van der Waals surface area contributed by atoms with Crippen molar-refractivity contribution in [1.29, 1.82) is 0 Å². The Hall–Kier alpha value is -2.07. The number of pyridine rings is 1. The first kappa shape index (κ1) is 16.3. The van der Waals surface area contributed by atoms with E-state index in [0.717, 1.165) is 12.1 Å². The first-order valence-corrected chi connectivity index (χ1v) is 7.14. The predicted octanol–water partition coefficient (Wildman–Crippen LogP) is 2.81. The van der Waals surface area contributed by atoms with Gasteiger partial charge in [-0.3, -0.25) is 0 Å².